The highest BCUT2D eigenvalue weighted by atomic mass is 35.5. The third-order valence-electron chi connectivity index (χ3n) is 4.42. The van der Waals surface area contributed by atoms with Gasteiger partial charge in [-0.1, -0.05) is 18.5 Å². The Labute approximate surface area is 137 Å². The summed E-state index contributed by atoms with van der Waals surface area (Å²) in [5, 5.41) is 0.383. The Balaban J connectivity index is 2.13. The summed E-state index contributed by atoms with van der Waals surface area (Å²) >= 11 is 6.02. The Morgan fingerprint density at radius 2 is 2.05 bits per heavy atom. The molecular formula is C15H16B2ClN3O. The van der Waals surface area contributed by atoms with E-state index in [1.54, 1.807) is 12.3 Å². The lowest BCUT2D eigenvalue weighted by Crippen LogP contribution is -2.22. The van der Waals surface area contributed by atoms with Gasteiger partial charge in [-0.2, -0.15) is 0 Å². The van der Waals surface area contributed by atoms with Gasteiger partial charge in [-0.25, -0.2) is 9.97 Å². The monoisotopic (exact) mass is 311 g/mol. The van der Waals surface area contributed by atoms with Gasteiger partial charge >= 0.3 is 0 Å². The minimum atomic E-state index is -1.07. The van der Waals surface area contributed by atoms with Crippen LogP contribution in [0.4, 0.5) is 0 Å². The van der Waals surface area contributed by atoms with Gasteiger partial charge in [-0.3, -0.25) is 4.79 Å². The van der Waals surface area contributed by atoms with Crippen molar-refractivity contribution >= 4 is 44.1 Å². The first kappa shape index (κ1) is 15.6. The number of ketones is 1. The molecule has 1 fully saturated rings. The van der Waals surface area contributed by atoms with Crippen LogP contribution in [0.2, 0.25) is 10.9 Å². The summed E-state index contributed by atoms with van der Waals surface area (Å²) in [4.78, 5) is 20.8. The Bertz CT molecular complexity index is 708. The molecule has 2 aromatic heterocycles. The molecule has 1 saturated carbocycles. The number of hydrogen-bond acceptors (Lipinski definition) is 3. The molecule has 4 radical (unpaired) electrons. The Morgan fingerprint density at radius 3 is 2.68 bits per heavy atom. The van der Waals surface area contributed by atoms with Crippen molar-refractivity contribution < 1.29 is 4.79 Å². The van der Waals surface area contributed by atoms with Crippen LogP contribution >= 0.6 is 11.6 Å². The van der Waals surface area contributed by atoms with E-state index in [1.165, 1.54) is 0 Å². The molecule has 4 nitrogen and oxygen atoms in total. The molecule has 0 atom stereocenters. The van der Waals surface area contributed by atoms with E-state index in [1.807, 2.05) is 4.57 Å². The van der Waals surface area contributed by atoms with Crippen LogP contribution in [0.25, 0.3) is 11.0 Å². The third kappa shape index (κ3) is 2.81. The molecule has 3 rings (SSSR count). The molecule has 22 heavy (non-hydrogen) atoms. The number of aromatic nitrogens is 3. The van der Waals surface area contributed by atoms with Gasteiger partial charge in [0.25, 0.3) is 0 Å². The van der Waals surface area contributed by atoms with Gasteiger partial charge in [-0.05, 0) is 37.3 Å². The number of hydrogen-bond donors (Lipinski definition) is 0. The molecule has 0 aromatic carbocycles. The van der Waals surface area contributed by atoms with E-state index in [-0.39, 0.29) is 11.8 Å². The summed E-state index contributed by atoms with van der Waals surface area (Å²) in [6.07, 6.45) is 5.86. The number of rotatable bonds is 3. The first-order valence-corrected chi connectivity index (χ1v) is 7.94. The highest BCUT2D eigenvalue weighted by Gasteiger charge is 2.27. The van der Waals surface area contributed by atoms with Crippen molar-refractivity contribution in [1.29, 1.82) is 0 Å². The second kappa shape index (κ2) is 6.07. The fraction of sp³-hybridized carbons (Fsp3) is 0.533. The lowest BCUT2D eigenvalue weighted by Gasteiger charge is -2.29. The highest BCUT2D eigenvalue weighted by molar-refractivity contribution is 6.48. The molecule has 0 spiro atoms. The molecule has 0 saturated heterocycles. The van der Waals surface area contributed by atoms with Gasteiger partial charge in [0.1, 0.15) is 10.7 Å². The Kier molecular flexibility index (Phi) is 4.31. The van der Waals surface area contributed by atoms with Crippen molar-refractivity contribution in [2.45, 2.75) is 44.4 Å². The van der Waals surface area contributed by atoms with E-state index < -0.39 is 5.72 Å². The average Bonchev–Trinajstić information content (AvgIpc) is 2.85. The molecule has 0 aliphatic heterocycles. The molecule has 1 aliphatic rings. The van der Waals surface area contributed by atoms with Crippen LogP contribution in [0.1, 0.15) is 49.3 Å². The largest absolute Gasteiger partial charge is 0.318 e. The van der Waals surface area contributed by atoms with Crippen molar-refractivity contribution in [3.63, 3.8) is 0 Å². The van der Waals surface area contributed by atoms with Crippen LogP contribution in [0.3, 0.4) is 0 Å². The topological polar surface area (TPSA) is 47.8 Å². The van der Waals surface area contributed by atoms with Crippen molar-refractivity contribution in [3.05, 3.63) is 23.2 Å². The molecule has 2 heterocycles. The van der Waals surface area contributed by atoms with E-state index in [9.17, 15) is 4.79 Å². The maximum atomic E-state index is 12.3. The summed E-state index contributed by atoms with van der Waals surface area (Å²) in [5.74, 6) is 0.673. The molecular weight excluding hydrogens is 295 g/mol. The second-order valence-corrected chi connectivity index (χ2v) is 6.49. The maximum absolute atomic E-state index is 12.3. The van der Waals surface area contributed by atoms with Gasteiger partial charge in [-0.15, -0.1) is 0 Å². The normalized spacial score (nSPS) is 22.3. The Hall–Kier alpha value is -1.29. The van der Waals surface area contributed by atoms with E-state index in [4.69, 9.17) is 27.3 Å². The molecule has 110 valence electrons. The summed E-state index contributed by atoms with van der Waals surface area (Å²) in [5.41, 5.74) is 0.400. The molecule has 0 N–H and O–H groups in total. The van der Waals surface area contributed by atoms with Crippen LogP contribution < -0.4 is 0 Å². The number of carbonyl (C=O) groups excluding carboxylic acids is 1. The van der Waals surface area contributed by atoms with Crippen LogP contribution in [0.15, 0.2) is 12.3 Å². The lowest BCUT2D eigenvalue weighted by atomic mass is 9.68. The highest BCUT2D eigenvalue weighted by Crippen LogP contribution is 2.35. The predicted octanol–water partition coefficient (Wildman–Crippen LogP) is 3.10. The third-order valence-corrected chi connectivity index (χ3v) is 4.62. The van der Waals surface area contributed by atoms with Crippen molar-refractivity contribution in [2.24, 2.45) is 5.92 Å². The van der Waals surface area contributed by atoms with Crippen LogP contribution in [0, 0.1) is 5.92 Å². The quantitative estimate of drug-likeness (QED) is 0.497. The zero-order chi connectivity index (χ0) is 15.9. The zero-order valence-electron chi connectivity index (χ0n) is 12.5. The van der Waals surface area contributed by atoms with Gasteiger partial charge in [0.15, 0.2) is 11.6 Å². The fourth-order valence-corrected chi connectivity index (χ4v) is 3.32. The first-order valence-electron chi connectivity index (χ1n) is 7.56. The number of nitrogens with zero attached hydrogens (tertiary/aromatic N) is 3. The van der Waals surface area contributed by atoms with Crippen LogP contribution in [-0.4, -0.2) is 36.0 Å². The van der Waals surface area contributed by atoms with Gasteiger partial charge in [0.05, 0.1) is 27.4 Å². The van der Waals surface area contributed by atoms with E-state index >= 15 is 0 Å². The summed E-state index contributed by atoms with van der Waals surface area (Å²) in [6.45, 7) is 2.25. The standard InChI is InChI=1S/C15H16B2ClN3O/c1-8-2-4-9(5-3-8)21-11-6-12(18)19-7-10(11)20-15(21)13(22)14(16)17/h6-9,14H,2-5H2,1H3. The SMILES string of the molecule is [B]C([B])C(=O)c1nc2cnc(Cl)cc2n1C1CCC(C)CC1. The summed E-state index contributed by atoms with van der Waals surface area (Å²) in [7, 11) is 11.1. The van der Waals surface area contributed by atoms with Crippen LogP contribution in [-0.2, 0) is 0 Å². The molecule has 1 aliphatic carbocycles. The Morgan fingerprint density at radius 1 is 1.36 bits per heavy atom. The molecule has 0 amide bonds. The minimum Gasteiger partial charge on any atom is -0.318 e. The summed E-state index contributed by atoms with van der Waals surface area (Å²) < 4.78 is 1.96. The van der Waals surface area contributed by atoms with Crippen molar-refractivity contribution in [3.8, 4) is 0 Å². The minimum absolute atomic E-state index is 0.220. The maximum Gasteiger partial charge on any atom is 0.184 e. The van der Waals surface area contributed by atoms with Crippen molar-refractivity contribution in [1.82, 2.24) is 14.5 Å². The molecule has 2 aromatic rings. The van der Waals surface area contributed by atoms with Crippen LogP contribution in [0.5, 0.6) is 0 Å². The van der Waals surface area contributed by atoms with Gasteiger partial charge in [0, 0.05) is 12.1 Å². The first-order chi connectivity index (χ1) is 10.5. The van der Waals surface area contributed by atoms with E-state index in [2.05, 4.69) is 16.9 Å². The second-order valence-electron chi connectivity index (χ2n) is 6.10. The lowest BCUT2D eigenvalue weighted by molar-refractivity contribution is 0.0986. The summed E-state index contributed by atoms with van der Waals surface area (Å²) in [6, 6.07) is 1.97. The van der Waals surface area contributed by atoms with E-state index in [0.717, 1.165) is 31.2 Å². The molecule has 7 heteroatoms. The van der Waals surface area contributed by atoms with Crippen molar-refractivity contribution in [2.75, 3.05) is 0 Å². The molecule has 0 unspecified atom stereocenters. The average molecular weight is 311 g/mol. The van der Waals surface area contributed by atoms with Gasteiger partial charge < -0.3 is 4.57 Å². The number of Topliss-reactive ketones (excluding diaryl/α,β-unsaturated/α-hetero) is 1. The van der Waals surface area contributed by atoms with E-state index in [0.29, 0.717) is 22.4 Å². The number of fused-ring (bicyclic) bond motifs is 1. The smallest absolute Gasteiger partial charge is 0.184 e. The number of imidazole rings is 1. The van der Waals surface area contributed by atoms with Gasteiger partial charge in [0.2, 0.25) is 0 Å². The molecule has 0 bridgehead atoms. The zero-order valence-corrected chi connectivity index (χ0v) is 13.3. The number of pyridine rings is 1. The number of carbonyl (C=O) groups is 1. The fourth-order valence-electron chi connectivity index (χ4n) is 3.17. The number of halogens is 1. The predicted molar refractivity (Wildman–Crippen MR) is 88.8 cm³/mol.